The number of thiophene rings is 1. The van der Waals surface area contributed by atoms with E-state index in [-0.39, 0.29) is 24.7 Å². The van der Waals surface area contributed by atoms with Gasteiger partial charge < -0.3 is 10.5 Å². The van der Waals surface area contributed by atoms with Crippen molar-refractivity contribution in [3.63, 3.8) is 0 Å². The Morgan fingerprint density at radius 3 is 2.73 bits per heavy atom. The molecule has 0 aliphatic carbocycles. The number of carbonyl (C=O) groups excluding carboxylic acids is 1. The lowest BCUT2D eigenvalue weighted by molar-refractivity contribution is -0.114. The molecule has 174 valence electrons. The summed E-state index contributed by atoms with van der Waals surface area (Å²) in [7, 11) is 1.49. The van der Waals surface area contributed by atoms with Crippen molar-refractivity contribution in [2.24, 2.45) is 0 Å². The normalized spacial score (nSPS) is 11.2. The van der Waals surface area contributed by atoms with Crippen LogP contribution >= 0.6 is 22.9 Å². The maximum atomic E-state index is 13.1. The minimum atomic E-state index is -0.722. The molecule has 0 spiro atoms. The van der Waals surface area contributed by atoms with Crippen LogP contribution in [0.15, 0.2) is 52.1 Å². The second-order valence-electron chi connectivity index (χ2n) is 7.14. The van der Waals surface area contributed by atoms with Gasteiger partial charge in [-0.2, -0.15) is 0 Å². The van der Waals surface area contributed by atoms with E-state index in [9.17, 15) is 14.4 Å². The molecule has 10 heteroatoms. The standard InChI is InChI=1S/C23H25ClN4O4S/c1-3-12-28-21(25)20(22(30)26-23(28)31)27(13-14-32-2)19(29)11-9-15-8-10-18(33-15)16-6-4-5-7-17(16)24/h4-11H,3,12-14,25H2,1-2H3,(H,26,30,31)/b11-9+. The molecule has 0 unspecified atom stereocenters. The molecule has 0 saturated carbocycles. The summed E-state index contributed by atoms with van der Waals surface area (Å²) < 4.78 is 6.35. The number of anilines is 2. The van der Waals surface area contributed by atoms with Crippen LogP contribution in [-0.2, 0) is 16.1 Å². The smallest absolute Gasteiger partial charge is 0.330 e. The summed E-state index contributed by atoms with van der Waals surface area (Å²) in [4.78, 5) is 43.1. The number of aromatic amines is 1. The van der Waals surface area contributed by atoms with E-state index in [1.54, 1.807) is 6.08 Å². The highest BCUT2D eigenvalue weighted by atomic mass is 35.5. The molecule has 3 aromatic rings. The number of benzene rings is 1. The van der Waals surface area contributed by atoms with Crippen molar-refractivity contribution >= 4 is 46.4 Å². The van der Waals surface area contributed by atoms with Gasteiger partial charge in [0, 0.05) is 46.6 Å². The van der Waals surface area contributed by atoms with Gasteiger partial charge in [0.05, 0.1) is 6.61 Å². The quantitative estimate of drug-likeness (QED) is 0.447. The minimum absolute atomic E-state index is 0.0550. The first kappa shape index (κ1) is 24.5. The van der Waals surface area contributed by atoms with Crippen molar-refractivity contribution in [3.05, 3.63) is 73.2 Å². The first-order chi connectivity index (χ1) is 15.9. The Morgan fingerprint density at radius 1 is 1.27 bits per heavy atom. The molecule has 0 fully saturated rings. The van der Waals surface area contributed by atoms with Crippen molar-refractivity contribution in [2.45, 2.75) is 19.9 Å². The predicted octanol–water partition coefficient (Wildman–Crippen LogP) is 3.60. The van der Waals surface area contributed by atoms with E-state index < -0.39 is 17.2 Å². The van der Waals surface area contributed by atoms with Crippen LogP contribution in [-0.4, -0.2) is 35.7 Å². The summed E-state index contributed by atoms with van der Waals surface area (Å²) in [5.41, 5.74) is 5.65. The number of halogens is 1. The van der Waals surface area contributed by atoms with Gasteiger partial charge in [0.2, 0.25) is 0 Å². The monoisotopic (exact) mass is 488 g/mol. The molecular weight excluding hydrogens is 464 g/mol. The Morgan fingerprint density at radius 2 is 2.03 bits per heavy atom. The number of carbonyl (C=O) groups is 1. The number of H-pyrrole nitrogens is 1. The highest BCUT2D eigenvalue weighted by Gasteiger charge is 2.22. The van der Waals surface area contributed by atoms with Gasteiger partial charge in [0.15, 0.2) is 5.69 Å². The number of nitrogens with two attached hydrogens (primary N) is 1. The number of ether oxygens (including phenoxy) is 1. The summed E-state index contributed by atoms with van der Waals surface area (Å²) in [5.74, 6) is -0.515. The van der Waals surface area contributed by atoms with E-state index >= 15 is 0 Å². The van der Waals surface area contributed by atoms with Crippen LogP contribution in [0.2, 0.25) is 5.02 Å². The molecule has 8 nitrogen and oxygen atoms in total. The zero-order chi connectivity index (χ0) is 24.0. The number of nitrogen functional groups attached to an aromatic ring is 1. The van der Waals surface area contributed by atoms with E-state index in [2.05, 4.69) is 4.98 Å². The summed E-state index contributed by atoms with van der Waals surface area (Å²) >= 11 is 7.76. The summed E-state index contributed by atoms with van der Waals surface area (Å²) in [6, 6.07) is 11.3. The molecule has 0 aliphatic rings. The van der Waals surface area contributed by atoms with Gasteiger partial charge in [0.25, 0.3) is 11.5 Å². The molecular formula is C23H25ClN4O4S. The van der Waals surface area contributed by atoms with Gasteiger partial charge in [-0.3, -0.25) is 24.0 Å². The van der Waals surface area contributed by atoms with Crippen molar-refractivity contribution in [1.82, 2.24) is 9.55 Å². The number of hydrogen-bond donors (Lipinski definition) is 2. The highest BCUT2D eigenvalue weighted by molar-refractivity contribution is 7.16. The Labute approximate surface area is 199 Å². The summed E-state index contributed by atoms with van der Waals surface area (Å²) in [6.45, 7) is 2.47. The lowest BCUT2D eigenvalue weighted by atomic mass is 10.2. The third kappa shape index (κ3) is 5.62. The van der Waals surface area contributed by atoms with E-state index in [0.29, 0.717) is 18.0 Å². The molecule has 1 amide bonds. The number of rotatable bonds is 9. The minimum Gasteiger partial charge on any atom is -0.383 e. The number of hydrogen-bond acceptors (Lipinski definition) is 6. The van der Waals surface area contributed by atoms with Crippen LogP contribution in [0.4, 0.5) is 11.5 Å². The lowest BCUT2D eigenvalue weighted by Gasteiger charge is -2.23. The number of nitrogens with zero attached hydrogens (tertiary/aromatic N) is 2. The zero-order valence-electron chi connectivity index (χ0n) is 18.3. The molecule has 2 heterocycles. The Balaban J connectivity index is 1.92. The zero-order valence-corrected chi connectivity index (χ0v) is 19.9. The maximum Gasteiger partial charge on any atom is 0.330 e. The molecule has 1 aromatic carbocycles. The second-order valence-corrected chi connectivity index (χ2v) is 8.67. The van der Waals surface area contributed by atoms with Gasteiger partial charge in [-0.05, 0) is 30.7 Å². The number of nitrogens with one attached hydrogen (secondary N) is 1. The van der Waals surface area contributed by atoms with Gasteiger partial charge >= 0.3 is 5.69 Å². The lowest BCUT2D eigenvalue weighted by Crippen LogP contribution is -2.42. The average molecular weight is 489 g/mol. The average Bonchev–Trinajstić information content (AvgIpc) is 3.26. The van der Waals surface area contributed by atoms with E-state index in [1.165, 1.54) is 34.0 Å². The van der Waals surface area contributed by atoms with Crippen LogP contribution in [0.5, 0.6) is 0 Å². The van der Waals surface area contributed by atoms with Crippen LogP contribution in [0.3, 0.4) is 0 Å². The molecule has 0 bridgehead atoms. The SMILES string of the molecule is CCCn1c(N)c(N(CCOC)C(=O)/C=C/c2ccc(-c3ccccc3Cl)s2)c(=O)[nH]c1=O. The molecule has 0 aliphatic heterocycles. The topological polar surface area (TPSA) is 110 Å². The molecule has 33 heavy (non-hydrogen) atoms. The molecule has 0 saturated heterocycles. The van der Waals surface area contributed by atoms with E-state index in [1.807, 2.05) is 43.3 Å². The van der Waals surface area contributed by atoms with Gasteiger partial charge in [-0.15, -0.1) is 11.3 Å². The fourth-order valence-corrected chi connectivity index (χ4v) is 4.53. The Hall–Kier alpha value is -3.14. The Bertz CT molecular complexity index is 1280. The van der Waals surface area contributed by atoms with Gasteiger partial charge in [0.1, 0.15) is 5.82 Å². The predicted molar refractivity (Wildman–Crippen MR) is 134 cm³/mol. The molecule has 0 radical (unpaired) electrons. The largest absolute Gasteiger partial charge is 0.383 e. The van der Waals surface area contributed by atoms with Crippen molar-refractivity contribution in [1.29, 1.82) is 0 Å². The van der Waals surface area contributed by atoms with Crippen LogP contribution in [0.1, 0.15) is 18.2 Å². The van der Waals surface area contributed by atoms with Crippen molar-refractivity contribution in [3.8, 4) is 10.4 Å². The van der Waals surface area contributed by atoms with Crippen LogP contribution in [0, 0.1) is 0 Å². The third-order valence-electron chi connectivity index (χ3n) is 4.87. The fourth-order valence-electron chi connectivity index (χ4n) is 3.29. The molecule has 2 aromatic heterocycles. The van der Waals surface area contributed by atoms with E-state index in [4.69, 9.17) is 22.1 Å². The van der Waals surface area contributed by atoms with Crippen LogP contribution in [0.25, 0.3) is 16.5 Å². The molecule has 3 N–H and O–H groups in total. The van der Waals surface area contributed by atoms with Crippen molar-refractivity contribution in [2.75, 3.05) is 30.9 Å². The molecule has 3 rings (SSSR count). The maximum absolute atomic E-state index is 13.1. The number of amides is 1. The number of methoxy groups -OCH3 is 1. The third-order valence-corrected chi connectivity index (χ3v) is 6.29. The highest BCUT2D eigenvalue weighted by Crippen LogP contribution is 2.33. The summed E-state index contributed by atoms with van der Waals surface area (Å²) in [5, 5.41) is 0.647. The van der Waals surface area contributed by atoms with Crippen LogP contribution < -0.4 is 21.9 Å². The first-order valence-corrected chi connectivity index (χ1v) is 11.5. The second kappa shape index (κ2) is 11.1. The molecule has 0 atom stereocenters. The van der Waals surface area contributed by atoms with Crippen molar-refractivity contribution < 1.29 is 9.53 Å². The fraction of sp³-hybridized carbons (Fsp3) is 0.261. The van der Waals surface area contributed by atoms with E-state index in [0.717, 1.165) is 15.3 Å². The number of aromatic nitrogens is 2. The Kier molecular flexibility index (Phi) is 8.26. The van der Waals surface area contributed by atoms with Gasteiger partial charge in [-0.1, -0.05) is 36.7 Å². The first-order valence-electron chi connectivity index (χ1n) is 10.3. The van der Waals surface area contributed by atoms with Gasteiger partial charge in [-0.25, -0.2) is 4.79 Å². The summed E-state index contributed by atoms with van der Waals surface area (Å²) in [6.07, 6.45) is 3.67.